The molecule has 0 aliphatic heterocycles. The summed E-state index contributed by atoms with van der Waals surface area (Å²) < 4.78 is 10.8. The minimum absolute atomic E-state index is 0.00788. The lowest BCUT2D eigenvalue weighted by Gasteiger charge is -2.15. The Balaban J connectivity index is 2.36. The summed E-state index contributed by atoms with van der Waals surface area (Å²) in [5.74, 6) is 1.86. The molecular formula is C18H29NO3. The summed E-state index contributed by atoms with van der Waals surface area (Å²) in [5.41, 5.74) is 1.09. The van der Waals surface area contributed by atoms with Gasteiger partial charge in [0.15, 0.2) is 18.1 Å². The maximum absolute atomic E-state index is 11.9. The number of hydrogen-bond acceptors (Lipinski definition) is 3. The Morgan fingerprint density at radius 3 is 2.55 bits per heavy atom. The van der Waals surface area contributed by atoms with E-state index >= 15 is 0 Å². The van der Waals surface area contributed by atoms with Gasteiger partial charge in [-0.15, -0.1) is 0 Å². The van der Waals surface area contributed by atoms with Crippen LogP contribution in [0.25, 0.3) is 0 Å². The van der Waals surface area contributed by atoms with Crippen LogP contribution in [-0.4, -0.2) is 25.7 Å². The number of methoxy groups -OCH3 is 1. The van der Waals surface area contributed by atoms with Gasteiger partial charge in [-0.05, 0) is 43.9 Å². The van der Waals surface area contributed by atoms with E-state index in [2.05, 4.69) is 19.2 Å². The van der Waals surface area contributed by atoms with Gasteiger partial charge in [-0.1, -0.05) is 32.8 Å². The summed E-state index contributed by atoms with van der Waals surface area (Å²) in [6, 6.07) is 5.83. The van der Waals surface area contributed by atoms with Gasteiger partial charge in [0, 0.05) is 6.04 Å². The molecule has 0 aliphatic rings. The second-order valence-electron chi connectivity index (χ2n) is 6.24. The SMILES string of the molecule is COc1cc(C)ccc1OCC(=O)NC(C)CCCC(C)C. The highest BCUT2D eigenvalue weighted by molar-refractivity contribution is 5.77. The fourth-order valence-corrected chi connectivity index (χ4v) is 2.26. The molecule has 0 heterocycles. The molecule has 0 saturated carbocycles. The number of carbonyl (C=O) groups is 1. The van der Waals surface area contributed by atoms with Crippen LogP contribution in [0.3, 0.4) is 0 Å². The van der Waals surface area contributed by atoms with E-state index in [4.69, 9.17) is 9.47 Å². The molecular weight excluding hydrogens is 278 g/mol. The Hall–Kier alpha value is -1.71. The molecule has 0 bridgehead atoms. The number of carbonyl (C=O) groups excluding carboxylic acids is 1. The van der Waals surface area contributed by atoms with Crippen LogP contribution in [0.1, 0.15) is 45.6 Å². The number of hydrogen-bond donors (Lipinski definition) is 1. The van der Waals surface area contributed by atoms with Crippen LogP contribution in [0, 0.1) is 12.8 Å². The van der Waals surface area contributed by atoms with Gasteiger partial charge in [0.1, 0.15) is 0 Å². The number of nitrogens with one attached hydrogen (secondary N) is 1. The minimum atomic E-state index is -0.0975. The van der Waals surface area contributed by atoms with Crippen LogP contribution < -0.4 is 14.8 Å². The molecule has 0 radical (unpaired) electrons. The van der Waals surface area contributed by atoms with Gasteiger partial charge in [0.25, 0.3) is 5.91 Å². The van der Waals surface area contributed by atoms with E-state index in [1.54, 1.807) is 7.11 Å². The third-order valence-electron chi connectivity index (χ3n) is 3.50. The van der Waals surface area contributed by atoms with E-state index in [0.717, 1.165) is 18.4 Å². The molecule has 0 saturated heterocycles. The fraction of sp³-hybridized carbons (Fsp3) is 0.611. The zero-order valence-corrected chi connectivity index (χ0v) is 14.4. The van der Waals surface area contributed by atoms with Crippen molar-refractivity contribution in [3.63, 3.8) is 0 Å². The van der Waals surface area contributed by atoms with Crippen molar-refractivity contribution in [2.75, 3.05) is 13.7 Å². The van der Waals surface area contributed by atoms with Crippen molar-refractivity contribution in [2.24, 2.45) is 5.92 Å². The Kier molecular flexibility index (Phi) is 7.78. The molecule has 124 valence electrons. The third-order valence-corrected chi connectivity index (χ3v) is 3.50. The lowest BCUT2D eigenvalue weighted by Crippen LogP contribution is -2.36. The predicted octanol–water partition coefficient (Wildman–Crippen LogP) is 3.71. The number of rotatable bonds is 9. The first kappa shape index (κ1) is 18.3. The fourth-order valence-electron chi connectivity index (χ4n) is 2.26. The summed E-state index contributed by atoms with van der Waals surface area (Å²) in [5, 5.41) is 2.97. The van der Waals surface area contributed by atoms with Gasteiger partial charge < -0.3 is 14.8 Å². The standard InChI is InChI=1S/C18H29NO3/c1-13(2)7-6-8-15(4)19-18(20)12-22-16-10-9-14(3)11-17(16)21-5/h9-11,13,15H,6-8,12H2,1-5H3,(H,19,20). The lowest BCUT2D eigenvalue weighted by molar-refractivity contribution is -0.123. The van der Waals surface area contributed by atoms with Gasteiger partial charge >= 0.3 is 0 Å². The van der Waals surface area contributed by atoms with E-state index in [1.807, 2.05) is 32.0 Å². The number of benzene rings is 1. The topological polar surface area (TPSA) is 47.6 Å². The maximum atomic E-state index is 11.9. The normalized spacial score (nSPS) is 12.1. The van der Waals surface area contributed by atoms with Crippen LogP contribution in [0.2, 0.25) is 0 Å². The average Bonchev–Trinajstić information content (AvgIpc) is 2.45. The quantitative estimate of drug-likeness (QED) is 0.756. The first-order valence-electron chi connectivity index (χ1n) is 7.99. The van der Waals surface area contributed by atoms with Crippen LogP contribution in [0.5, 0.6) is 11.5 Å². The van der Waals surface area contributed by atoms with E-state index in [0.29, 0.717) is 17.4 Å². The van der Waals surface area contributed by atoms with Crippen molar-refractivity contribution in [2.45, 2.75) is 53.0 Å². The molecule has 1 amide bonds. The van der Waals surface area contributed by atoms with E-state index in [-0.39, 0.29) is 18.6 Å². The van der Waals surface area contributed by atoms with Crippen molar-refractivity contribution < 1.29 is 14.3 Å². The molecule has 0 spiro atoms. The zero-order valence-electron chi connectivity index (χ0n) is 14.4. The second kappa shape index (κ2) is 9.34. The molecule has 0 fully saturated rings. The second-order valence-corrected chi connectivity index (χ2v) is 6.24. The molecule has 1 aromatic carbocycles. The molecule has 1 unspecified atom stereocenters. The van der Waals surface area contributed by atoms with Crippen molar-refractivity contribution in [3.8, 4) is 11.5 Å². The third kappa shape index (κ3) is 6.83. The lowest BCUT2D eigenvalue weighted by atomic mass is 10.0. The Labute approximate surface area is 134 Å². The molecule has 4 nitrogen and oxygen atoms in total. The van der Waals surface area contributed by atoms with Gasteiger partial charge in [-0.3, -0.25) is 4.79 Å². The Morgan fingerprint density at radius 1 is 1.18 bits per heavy atom. The maximum Gasteiger partial charge on any atom is 0.258 e. The monoisotopic (exact) mass is 307 g/mol. The van der Waals surface area contributed by atoms with E-state index in [9.17, 15) is 4.79 Å². The summed E-state index contributed by atoms with van der Waals surface area (Å²) in [6.45, 7) is 8.45. The van der Waals surface area contributed by atoms with Crippen LogP contribution in [0.15, 0.2) is 18.2 Å². The summed E-state index contributed by atoms with van der Waals surface area (Å²) in [7, 11) is 1.60. The summed E-state index contributed by atoms with van der Waals surface area (Å²) in [6.07, 6.45) is 3.32. The van der Waals surface area contributed by atoms with Crippen molar-refractivity contribution in [3.05, 3.63) is 23.8 Å². The highest BCUT2D eigenvalue weighted by Gasteiger charge is 2.10. The molecule has 1 rings (SSSR count). The molecule has 1 aromatic rings. The minimum Gasteiger partial charge on any atom is -0.493 e. The molecule has 22 heavy (non-hydrogen) atoms. The largest absolute Gasteiger partial charge is 0.493 e. The molecule has 0 aliphatic carbocycles. The van der Waals surface area contributed by atoms with Gasteiger partial charge in [0.05, 0.1) is 7.11 Å². The molecule has 0 aromatic heterocycles. The number of ether oxygens (including phenoxy) is 2. The Bertz CT molecular complexity index is 471. The average molecular weight is 307 g/mol. The van der Waals surface area contributed by atoms with Crippen LogP contribution in [-0.2, 0) is 4.79 Å². The summed E-state index contributed by atoms with van der Waals surface area (Å²) in [4.78, 5) is 11.9. The van der Waals surface area contributed by atoms with Crippen molar-refractivity contribution in [1.29, 1.82) is 0 Å². The van der Waals surface area contributed by atoms with Crippen molar-refractivity contribution >= 4 is 5.91 Å². The van der Waals surface area contributed by atoms with Gasteiger partial charge in [0.2, 0.25) is 0 Å². The predicted molar refractivity (Wildman–Crippen MR) is 89.5 cm³/mol. The highest BCUT2D eigenvalue weighted by atomic mass is 16.5. The van der Waals surface area contributed by atoms with Gasteiger partial charge in [-0.25, -0.2) is 0 Å². The van der Waals surface area contributed by atoms with Crippen LogP contribution in [0.4, 0.5) is 0 Å². The molecule has 4 heteroatoms. The Morgan fingerprint density at radius 2 is 1.91 bits per heavy atom. The number of amides is 1. The van der Waals surface area contributed by atoms with Crippen molar-refractivity contribution in [1.82, 2.24) is 5.32 Å². The van der Waals surface area contributed by atoms with Gasteiger partial charge in [-0.2, -0.15) is 0 Å². The zero-order chi connectivity index (χ0) is 16.5. The highest BCUT2D eigenvalue weighted by Crippen LogP contribution is 2.27. The smallest absolute Gasteiger partial charge is 0.258 e. The first-order chi connectivity index (χ1) is 10.4. The molecule has 1 N–H and O–H groups in total. The van der Waals surface area contributed by atoms with E-state index < -0.39 is 0 Å². The first-order valence-corrected chi connectivity index (χ1v) is 7.99. The van der Waals surface area contributed by atoms with E-state index in [1.165, 1.54) is 6.42 Å². The molecule has 1 atom stereocenters. The van der Waals surface area contributed by atoms with Crippen LogP contribution >= 0.6 is 0 Å². The number of aryl methyl sites for hydroxylation is 1. The summed E-state index contributed by atoms with van der Waals surface area (Å²) >= 11 is 0.